The number of pyridine rings is 1. The first kappa shape index (κ1) is 18.0. The van der Waals surface area contributed by atoms with E-state index in [0.717, 1.165) is 29.8 Å². The Balaban J connectivity index is 1.71. The van der Waals surface area contributed by atoms with Crippen LogP contribution in [0.2, 0.25) is 0 Å². The van der Waals surface area contributed by atoms with Crippen molar-refractivity contribution in [2.45, 2.75) is 38.8 Å². The molecule has 5 nitrogen and oxygen atoms in total. The molecule has 1 aliphatic heterocycles. The number of amides is 2. The summed E-state index contributed by atoms with van der Waals surface area (Å²) in [5.74, 6) is -0.386. The minimum Gasteiger partial charge on any atom is -0.351 e. The Bertz CT molecular complexity index is 792. The van der Waals surface area contributed by atoms with Crippen molar-refractivity contribution < 1.29 is 14.0 Å². The Hall–Kier alpha value is -2.76. The SMILES string of the molecule is CC(=O)NCc1cccc(C2CCCN2C(=O)Cc2ccc(F)cc2)n1. The second kappa shape index (κ2) is 8.08. The molecule has 1 fully saturated rings. The fraction of sp³-hybridized carbons (Fsp3) is 0.350. The lowest BCUT2D eigenvalue weighted by Crippen LogP contribution is -2.32. The largest absolute Gasteiger partial charge is 0.351 e. The van der Waals surface area contributed by atoms with Gasteiger partial charge in [0.05, 0.1) is 30.4 Å². The summed E-state index contributed by atoms with van der Waals surface area (Å²) in [6, 6.07) is 11.7. The van der Waals surface area contributed by atoms with E-state index in [1.54, 1.807) is 12.1 Å². The predicted octanol–water partition coefficient (Wildman–Crippen LogP) is 2.76. The molecule has 0 spiro atoms. The Labute approximate surface area is 152 Å². The van der Waals surface area contributed by atoms with E-state index in [4.69, 9.17) is 0 Å². The van der Waals surface area contributed by atoms with Crippen LogP contribution in [0.5, 0.6) is 0 Å². The van der Waals surface area contributed by atoms with Crippen molar-refractivity contribution in [2.24, 2.45) is 0 Å². The van der Waals surface area contributed by atoms with Crippen LogP contribution in [0.25, 0.3) is 0 Å². The lowest BCUT2D eigenvalue weighted by atomic mass is 10.1. The molecular formula is C20H22FN3O2. The van der Waals surface area contributed by atoms with Gasteiger partial charge in [0.1, 0.15) is 5.82 Å². The van der Waals surface area contributed by atoms with Crippen molar-refractivity contribution in [1.82, 2.24) is 15.2 Å². The Morgan fingerprint density at radius 3 is 2.73 bits per heavy atom. The molecule has 2 aromatic rings. The maximum absolute atomic E-state index is 13.0. The summed E-state index contributed by atoms with van der Waals surface area (Å²) in [7, 11) is 0. The van der Waals surface area contributed by atoms with Crippen molar-refractivity contribution in [3.63, 3.8) is 0 Å². The molecule has 1 N–H and O–H groups in total. The number of carbonyl (C=O) groups excluding carboxylic acids is 2. The molecule has 0 saturated carbocycles. The van der Waals surface area contributed by atoms with Crippen molar-refractivity contribution in [2.75, 3.05) is 6.54 Å². The second-order valence-electron chi connectivity index (χ2n) is 6.51. The van der Waals surface area contributed by atoms with Gasteiger partial charge in [-0.05, 0) is 42.7 Å². The van der Waals surface area contributed by atoms with Crippen LogP contribution >= 0.6 is 0 Å². The number of rotatable bonds is 5. The third kappa shape index (κ3) is 4.45. The minimum atomic E-state index is -0.305. The number of benzene rings is 1. The maximum Gasteiger partial charge on any atom is 0.227 e. The van der Waals surface area contributed by atoms with Gasteiger partial charge in [0.2, 0.25) is 11.8 Å². The van der Waals surface area contributed by atoms with Crippen molar-refractivity contribution in [3.8, 4) is 0 Å². The first-order valence-corrected chi connectivity index (χ1v) is 8.77. The Morgan fingerprint density at radius 2 is 2.00 bits per heavy atom. The van der Waals surface area contributed by atoms with Crippen LogP contribution in [0.3, 0.4) is 0 Å². The highest BCUT2D eigenvalue weighted by atomic mass is 19.1. The van der Waals surface area contributed by atoms with Gasteiger partial charge in [0, 0.05) is 13.5 Å². The van der Waals surface area contributed by atoms with E-state index in [-0.39, 0.29) is 30.1 Å². The average Bonchev–Trinajstić information content (AvgIpc) is 3.12. The molecule has 1 aromatic carbocycles. The highest BCUT2D eigenvalue weighted by Gasteiger charge is 2.30. The highest BCUT2D eigenvalue weighted by molar-refractivity contribution is 5.79. The molecule has 0 radical (unpaired) electrons. The number of aromatic nitrogens is 1. The summed E-state index contributed by atoms with van der Waals surface area (Å²) in [6.45, 7) is 2.54. The number of hydrogen-bond acceptors (Lipinski definition) is 3. The van der Waals surface area contributed by atoms with Gasteiger partial charge < -0.3 is 10.2 Å². The third-order valence-electron chi connectivity index (χ3n) is 4.53. The molecule has 1 saturated heterocycles. The zero-order valence-electron chi connectivity index (χ0n) is 14.7. The Kier molecular flexibility index (Phi) is 5.61. The molecule has 0 aliphatic carbocycles. The van der Waals surface area contributed by atoms with E-state index >= 15 is 0 Å². The van der Waals surface area contributed by atoms with Gasteiger partial charge in [-0.25, -0.2) is 4.39 Å². The summed E-state index contributed by atoms with van der Waals surface area (Å²) >= 11 is 0. The van der Waals surface area contributed by atoms with Gasteiger partial charge in [-0.2, -0.15) is 0 Å². The molecule has 6 heteroatoms. The van der Waals surface area contributed by atoms with Gasteiger partial charge in [-0.15, -0.1) is 0 Å². The standard InChI is InChI=1S/C20H22FN3O2/c1-14(25)22-13-17-4-2-5-18(23-17)19-6-3-11-24(19)20(26)12-15-7-9-16(21)10-8-15/h2,4-5,7-10,19H,3,6,11-13H2,1H3,(H,22,25). The number of nitrogens with zero attached hydrogens (tertiary/aromatic N) is 2. The average molecular weight is 355 g/mol. The lowest BCUT2D eigenvalue weighted by molar-refractivity contribution is -0.131. The van der Waals surface area contributed by atoms with Gasteiger partial charge in [0.15, 0.2) is 0 Å². The number of nitrogens with one attached hydrogen (secondary N) is 1. The predicted molar refractivity (Wildman–Crippen MR) is 95.5 cm³/mol. The molecule has 3 rings (SSSR count). The molecule has 136 valence electrons. The zero-order chi connectivity index (χ0) is 18.5. The third-order valence-corrected chi connectivity index (χ3v) is 4.53. The summed E-state index contributed by atoms with van der Waals surface area (Å²) in [5, 5.41) is 2.74. The summed E-state index contributed by atoms with van der Waals surface area (Å²) in [6.07, 6.45) is 2.05. The Morgan fingerprint density at radius 1 is 1.23 bits per heavy atom. The van der Waals surface area contributed by atoms with Crippen LogP contribution in [0, 0.1) is 5.82 Å². The topological polar surface area (TPSA) is 62.3 Å². The normalized spacial score (nSPS) is 16.5. The molecule has 1 unspecified atom stereocenters. The van der Waals surface area contributed by atoms with Crippen LogP contribution in [0.15, 0.2) is 42.5 Å². The van der Waals surface area contributed by atoms with Crippen LogP contribution in [-0.4, -0.2) is 28.2 Å². The smallest absolute Gasteiger partial charge is 0.227 e. The zero-order valence-corrected chi connectivity index (χ0v) is 14.7. The molecule has 2 amide bonds. The van der Waals surface area contributed by atoms with Crippen LogP contribution < -0.4 is 5.32 Å². The molecular weight excluding hydrogens is 333 g/mol. The van der Waals surface area contributed by atoms with E-state index in [1.807, 2.05) is 23.1 Å². The van der Waals surface area contributed by atoms with Gasteiger partial charge in [-0.1, -0.05) is 18.2 Å². The highest BCUT2D eigenvalue weighted by Crippen LogP contribution is 2.31. The van der Waals surface area contributed by atoms with Crippen molar-refractivity contribution in [1.29, 1.82) is 0 Å². The number of likely N-dealkylation sites (tertiary alicyclic amines) is 1. The van der Waals surface area contributed by atoms with Crippen LogP contribution in [0.4, 0.5) is 4.39 Å². The fourth-order valence-electron chi connectivity index (χ4n) is 3.25. The number of halogens is 1. The quantitative estimate of drug-likeness (QED) is 0.897. The van der Waals surface area contributed by atoms with Crippen molar-refractivity contribution in [3.05, 3.63) is 65.2 Å². The molecule has 1 atom stereocenters. The van der Waals surface area contributed by atoms with Gasteiger partial charge >= 0.3 is 0 Å². The van der Waals surface area contributed by atoms with E-state index in [9.17, 15) is 14.0 Å². The van der Waals surface area contributed by atoms with E-state index in [2.05, 4.69) is 10.3 Å². The molecule has 1 aromatic heterocycles. The number of hydrogen-bond donors (Lipinski definition) is 1. The fourth-order valence-corrected chi connectivity index (χ4v) is 3.25. The van der Waals surface area contributed by atoms with Gasteiger partial charge in [0.25, 0.3) is 0 Å². The van der Waals surface area contributed by atoms with E-state index in [0.29, 0.717) is 13.1 Å². The summed E-state index contributed by atoms with van der Waals surface area (Å²) in [5.41, 5.74) is 2.42. The first-order chi connectivity index (χ1) is 12.5. The van der Waals surface area contributed by atoms with Crippen molar-refractivity contribution >= 4 is 11.8 Å². The second-order valence-corrected chi connectivity index (χ2v) is 6.51. The van der Waals surface area contributed by atoms with Gasteiger partial charge in [-0.3, -0.25) is 14.6 Å². The summed E-state index contributed by atoms with van der Waals surface area (Å²) in [4.78, 5) is 30.3. The monoisotopic (exact) mass is 355 g/mol. The molecule has 26 heavy (non-hydrogen) atoms. The molecule has 1 aliphatic rings. The maximum atomic E-state index is 13.0. The van der Waals surface area contributed by atoms with E-state index < -0.39 is 0 Å². The van der Waals surface area contributed by atoms with Crippen LogP contribution in [0.1, 0.15) is 42.8 Å². The minimum absolute atomic E-state index is 0.0215. The summed E-state index contributed by atoms with van der Waals surface area (Å²) < 4.78 is 13.0. The lowest BCUT2D eigenvalue weighted by Gasteiger charge is -2.25. The molecule has 0 bridgehead atoms. The molecule has 2 heterocycles. The number of carbonyl (C=O) groups is 2. The first-order valence-electron chi connectivity index (χ1n) is 8.77. The van der Waals surface area contributed by atoms with Crippen LogP contribution in [-0.2, 0) is 22.6 Å². The van der Waals surface area contributed by atoms with E-state index in [1.165, 1.54) is 19.1 Å².